The van der Waals surface area contributed by atoms with Gasteiger partial charge in [0, 0.05) is 37.9 Å². The quantitative estimate of drug-likeness (QED) is 0.796. The van der Waals surface area contributed by atoms with E-state index in [0.717, 1.165) is 5.69 Å². The normalized spacial score (nSPS) is 18.4. The minimum Gasteiger partial charge on any atom is -0.351 e. The summed E-state index contributed by atoms with van der Waals surface area (Å²) in [6, 6.07) is 5.64. The summed E-state index contributed by atoms with van der Waals surface area (Å²) in [6.45, 7) is 2.48. The van der Waals surface area contributed by atoms with E-state index < -0.39 is 0 Å². The molecule has 118 valence electrons. The molecule has 0 atom stereocenters. The number of nitrogens with zero attached hydrogens (tertiary/aromatic N) is 4. The van der Waals surface area contributed by atoms with Crippen molar-refractivity contribution in [1.82, 2.24) is 14.5 Å². The molecule has 1 amide bonds. The van der Waals surface area contributed by atoms with Gasteiger partial charge < -0.3 is 4.57 Å². The third kappa shape index (κ3) is 3.18. The zero-order chi connectivity index (χ0) is 16.4. The molecule has 0 radical (unpaired) electrons. The first-order valence-electron chi connectivity index (χ1n) is 7.11. The Morgan fingerprint density at radius 3 is 2.91 bits per heavy atom. The molecule has 3 heterocycles. The first-order valence-corrected chi connectivity index (χ1v) is 8.30. The van der Waals surface area contributed by atoms with Crippen LogP contribution in [0.15, 0.2) is 46.7 Å². The number of carbonyl (C=O) groups is 1. The number of likely N-dealkylation sites (N-methyl/N-ethyl adjacent to an activating group) is 1. The third-order valence-corrected chi connectivity index (χ3v) is 4.73. The molecule has 0 N–H and O–H groups in total. The number of aryl methyl sites for hydroxylation is 1. The van der Waals surface area contributed by atoms with Gasteiger partial charge in [0.25, 0.3) is 5.91 Å². The Morgan fingerprint density at radius 1 is 1.43 bits per heavy atom. The van der Waals surface area contributed by atoms with Gasteiger partial charge in [-0.2, -0.15) is 0 Å². The zero-order valence-corrected chi connectivity index (χ0v) is 14.3. The largest absolute Gasteiger partial charge is 0.351 e. The van der Waals surface area contributed by atoms with Gasteiger partial charge in [-0.1, -0.05) is 11.6 Å². The van der Waals surface area contributed by atoms with Crippen LogP contribution in [-0.4, -0.2) is 32.1 Å². The number of thioether (sulfide) groups is 1. The van der Waals surface area contributed by atoms with Crippen molar-refractivity contribution in [3.63, 3.8) is 0 Å². The molecule has 2 aromatic heterocycles. The van der Waals surface area contributed by atoms with E-state index >= 15 is 0 Å². The van der Waals surface area contributed by atoms with Crippen molar-refractivity contribution < 1.29 is 4.79 Å². The second-order valence-electron chi connectivity index (χ2n) is 4.93. The molecule has 2 aromatic rings. The van der Waals surface area contributed by atoms with E-state index in [2.05, 4.69) is 9.98 Å². The maximum atomic E-state index is 12.6. The first kappa shape index (κ1) is 15.8. The molecule has 0 spiro atoms. The molecule has 7 heteroatoms. The van der Waals surface area contributed by atoms with Gasteiger partial charge in [-0.05, 0) is 43.0 Å². The second-order valence-corrected chi connectivity index (χ2v) is 6.34. The van der Waals surface area contributed by atoms with E-state index in [1.54, 1.807) is 23.4 Å². The number of rotatable bonds is 3. The highest BCUT2D eigenvalue weighted by atomic mass is 35.5. The van der Waals surface area contributed by atoms with Crippen LogP contribution in [0.5, 0.6) is 0 Å². The molecule has 0 aliphatic carbocycles. The number of hydrogen-bond acceptors (Lipinski definition) is 4. The number of hydrogen-bond donors (Lipinski definition) is 0. The van der Waals surface area contributed by atoms with Crippen LogP contribution in [0.4, 0.5) is 5.69 Å². The van der Waals surface area contributed by atoms with Crippen molar-refractivity contribution in [3.8, 4) is 0 Å². The molecule has 5 nitrogen and oxygen atoms in total. The van der Waals surface area contributed by atoms with Gasteiger partial charge in [0.15, 0.2) is 5.17 Å². The lowest BCUT2D eigenvalue weighted by Crippen LogP contribution is -2.28. The van der Waals surface area contributed by atoms with Crippen LogP contribution in [0.1, 0.15) is 12.6 Å². The summed E-state index contributed by atoms with van der Waals surface area (Å²) in [5, 5.41) is 1.09. The molecule has 0 bridgehead atoms. The lowest BCUT2D eigenvalue weighted by atomic mass is 10.3. The fourth-order valence-electron chi connectivity index (χ4n) is 2.19. The average Bonchev–Trinajstić information content (AvgIpc) is 3.06. The van der Waals surface area contributed by atoms with Gasteiger partial charge in [0.1, 0.15) is 0 Å². The van der Waals surface area contributed by atoms with Crippen LogP contribution in [0.25, 0.3) is 6.08 Å². The van der Waals surface area contributed by atoms with E-state index in [4.69, 9.17) is 11.6 Å². The number of carbonyl (C=O) groups excluding carboxylic acids is 1. The van der Waals surface area contributed by atoms with Gasteiger partial charge in [-0.15, -0.1) is 0 Å². The fourth-order valence-corrected chi connectivity index (χ4v) is 3.39. The number of amides is 1. The standard InChI is InChI=1S/C16H15ClN4OS/c1-3-21-15(22)14(9-11-5-4-8-20(11)2)23-16(21)19-13-6-7-18-10-12(13)17/h4-10H,3H2,1-2H3/b14-9+,19-16?. The molecule has 1 fully saturated rings. The first-order chi connectivity index (χ1) is 11.1. The Hall–Kier alpha value is -2.05. The minimum atomic E-state index is -0.0392. The van der Waals surface area contributed by atoms with Crippen molar-refractivity contribution in [3.05, 3.63) is 52.4 Å². The van der Waals surface area contributed by atoms with Crippen LogP contribution in [0, 0.1) is 0 Å². The van der Waals surface area contributed by atoms with E-state index in [0.29, 0.717) is 27.3 Å². The molecule has 0 saturated carbocycles. The Kier molecular flexibility index (Phi) is 4.54. The number of halogens is 1. The molecule has 0 aromatic carbocycles. The smallest absolute Gasteiger partial charge is 0.266 e. The lowest BCUT2D eigenvalue weighted by Gasteiger charge is -2.12. The van der Waals surface area contributed by atoms with Gasteiger partial charge in [-0.3, -0.25) is 14.7 Å². The summed E-state index contributed by atoms with van der Waals surface area (Å²) in [7, 11) is 1.94. The molecular formula is C16H15ClN4OS. The fraction of sp³-hybridized carbons (Fsp3) is 0.188. The monoisotopic (exact) mass is 346 g/mol. The van der Waals surface area contributed by atoms with Gasteiger partial charge >= 0.3 is 0 Å². The number of amidine groups is 1. The van der Waals surface area contributed by atoms with Crippen molar-refractivity contribution >= 4 is 46.2 Å². The Balaban J connectivity index is 1.97. The summed E-state index contributed by atoms with van der Waals surface area (Å²) in [5.74, 6) is -0.0392. The second kappa shape index (κ2) is 6.60. The average molecular weight is 347 g/mol. The number of aromatic nitrogens is 2. The number of aliphatic imine (C=N–C) groups is 1. The van der Waals surface area contributed by atoms with E-state index in [1.807, 2.05) is 42.9 Å². The van der Waals surface area contributed by atoms with Crippen molar-refractivity contribution in [2.45, 2.75) is 6.92 Å². The molecule has 1 aliphatic rings. The van der Waals surface area contributed by atoms with Crippen molar-refractivity contribution in [1.29, 1.82) is 0 Å². The van der Waals surface area contributed by atoms with Gasteiger partial charge in [0.05, 0.1) is 15.6 Å². The third-order valence-electron chi connectivity index (χ3n) is 3.43. The topological polar surface area (TPSA) is 50.5 Å². The summed E-state index contributed by atoms with van der Waals surface area (Å²) in [5.41, 5.74) is 1.58. The molecule has 23 heavy (non-hydrogen) atoms. The van der Waals surface area contributed by atoms with Crippen molar-refractivity contribution in [2.24, 2.45) is 12.0 Å². The van der Waals surface area contributed by atoms with Crippen LogP contribution >= 0.6 is 23.4 Å². The van der Waals surface area contributed by atoms with E-state index in [9.17, 15) is 4.79 Å². The number of pyridine rings is 1. The predicted octanol–water partition coefficient (Wildman–Crippen LogP) is 3.70. The molecule has 1 aliphatic heterocycles. The maximum absolute atomic E-state index is 12.6. The Labute approximate surface area is 143 Å². The minimum absolute atomic E-state index is 0.0392. The maximum Gasteiger partial charge on any atom is 0.266 e. The van der Waals surface area contributed by atoms with E-state index in [1.165, 1.54) is 11.8 Å². The Bertz CT molecular complexity index is 812. The zero-order valence-electron chi connectivity index (χ0n) is 12.7. The highest BCUT2D eigenvalue weighted by Gasteiger charge is 2.32. The molecular weight excluding hydrogens is 332 g/mol. The van der Waals surface area contributed by atoms with Gasteiger partial charge in [0.2, 0.25) is 0 Å². The van der Waals surface area contributed by atoms with Crippen molar-refractivity contribution in [2.75, 3.05) is 6.54 Å². The predicted molar refractivity (Wildman–Crippen MR) is 94.7 cm³/mol. The molecule has 0 unspecified atom stereocenters. The SMILES string of the molecule is CCN1C(=O)/C(=C\c2cccn2C)SC1=Nc1ccncc1Cl. The van der Waals surface area contributed by atoms with Crippen LogP contribution in [0.3, 0.4) is 0 Å². The molecule has 3 rings (SSSR count). The summed E-state index contributed by atoms with van der Waals surface area (Å²) in [6.07, 6.45) is 7.00. The summed E-state index contributed by atoms with van der Waals surface area (Å²) < 4.78 is 1.96. The molecule has 1 saturated heterocycles. The van der Waals surface area contributed by atoms with E-state index in [-0.39, 0.29) is 5.91 Å². The van der Waals surface area contributed by atoms with Crippen LogP contribution < -0.4 is 0 Å². The Morgan fingerprint density at radius 2 is 2.26 bits per heavy atom. The van der Waals surface area contributed by atoms with Crippen LogP contribution in [0.2, 0.25) is 5.02 Å². The highest BCUT2D eigenvalue weighted by Crippen LogP contribution is 2.35. The summed E-state index contributed by atoms with van der Waals surface area (Å²) in [4.78, 5) is 23.3. The van der Waals surface area contributed by atoms with Crippen LogP contribution in [-0.2, 0) is 11.8 Å². The lowest BCUT2D eigenvalue weighted by molar-refractivity contribution is -0.122. The summed E-state index contributed by atoms with van der Waals surface area (Å²) >= 11 is 7.46. The highest BCUT2D eigenvalue weighted by molar-refractivity contribution is 8.18. The van der Waals surface area contributed by atoms with Gasteiger partial charge in [-0.25, -0.2) is 4.99 Å².